The van der Waals surface area contributed by atoms with Gasteiger partial charge in [-0.2, -0.15) is 0 Å². The average Bonchev–Trinajstić information content (AvgIpc) is 2.82. The normalized spacial score (nSPS) is 19.5. The number of hydrogen-bond donors (Lipinski definition) is 2. The summed E-state index contributed by atoms with van der Waals surface area (Å²) in [5.74, 6) is -0.0417. The van der Waals surface area contributed by atoms with E-state index in [-0.39, 0.29) is 23.8 Å². The third-order valence-electron chi connectivity index (χ3n) is 5.98. The van der Waals surface area contributed by atoms with Crippen LogP contribution in [0.15, 0.2) is 30.3 Å². The monoisotopic (exact) mass is 445 g/mol. The minimum absolute atomic E-state index is 0.00762. The molecule has 9 nitrogen and oxygen atoms in total. The summed E-state index contributed by atoms with van der Waals surface area (Å²) in [4.78, 5) is 43.4. The number of carbonyl (C=O) groups excluding carboxylic acids is 3. The van der Waals surface area contributed by atoms with E-state index in [1.54, 1.807) is 12.0 Å². The van der Waals surface area contributed by atoms with E-state index in [4.69, 9.17) is 4.74 Å². The Bertz CT molecular complexity index is 752. The molecule has 2 heterocycles. The summed E-state index contributed by atoms with van der Waals surface area (Å²) in [5, 5.41) is 5.81. The lowest BCUT2D eigenvalue weighted by Gasteiger charge is -2.38. The minimum Gasteiger partial charge on any atom is -0.385 e. The van der Waals surface area contributed by atoms with Gasteiger partial charge in [-0.25, -0.2) is 4.79 Å². The Balaban J connectivity index is 1.40. The molecule has 0 spiro atoms. The van der Waals surface area contributed by atoms with Crippen LogP contribution in [0.25, 0.3) is 0 Å². The molecule has 0 bridgehead atoms. The van der Waals surface area contributed by atoms with Crippen molar-refractivity contribution < 1.29 is 19.1 Å². The molecule has 9 heteroatoms. The molecule has 0 saturated carbocycles. The summed E-state index contributed by atoms with van der Waals surface area (Å²) in [6, 6.07) is 9.20. The Hall–Kier alpha value is -2.65. The van der Waals surface area contributed by atoms with Gasteiger partial charge in [0.2, 0.25) is 11.8 Å². The summed E-state index contributed by atoms with van der Waals surface area (Å²) < 4.78 is 4.98. The first-order valence-electron chi connectivity index (χ1n) is 11.4. The van der Waals surface area contributed by atoms with Gasteiger partial charge in [0, 0.05) is 65.2 Å². The SMILES string of the molecule is COCCCNC(=O)CN1CCN(C(=O)C2CCCN(C(=O)Nc3ccccc3)C2)CC1. The van der Waals surface area contributed by atoms with Gasteiger partial charge in [-0.3, -0.25) is 14.5 Å². The van der Waals surface area contributed by atoms with Crippen LogP contribution in [0, 0.1) is 5.92 Å². The van der Waals surface area contributed by atoms with Gasteiger partial charge in [0.25, 0.3) is 0 Å². The van der Waals surface area contributed by atoms with Crippen molar-refractivity contribution in [3.05, 3.63) is 30.3 Å². The molecule has 2 aliphatic rings. The molecule has 1 atom stereocenters. The van der Waals surface area contributed by atoms with E-state index in [0.29, 0.717) is 59.0 Å². The number of piperazine rings is 1. The predicted molar refractivity (Wildman–Crippen MR) is 122 cm³/mol. The molecule has 0 aromatic heterocycles. The van der Waals surface area contributed by atoms with Gasteiger partial charge in [0.15, 0.2) is 0 Å². The van der Waals surface area contributed by atoms with Crippen LogP contribution in [0.1, 0.15) is 19.3 Å². The number of carbonyl (C=O) groups is 3. The number of methoxy groups -OCH3 is 1. The second kappa shape index (κ2) is 12.4. The maximum Gasteiger partial charge on any atom is 0.321 e. The summed E-state index contributed by atoms with van der Waals surface area (Å²) in [6.07, 6.45) is 2.42. The van der Waals surface area contributed by atoms with E-state index < -0.39 is 0 Å². The van der Waals surface area contributed by atoms with Crippen LogP contribution < -0.4 is 10.6 Å². The van der Waals surface area contributed by atoms with E-state index >= 15 is 0 Å². The molecule has 2 N–H and O–H groups in total. The topological polar surface area (TPSA) is 94.2 Å². The number of piperidine rings is 1. The first-order valence-corrected chi connectivity index (χ1v) is 11.4. The van der Waals surface area contributed by atoms with Crippen LogP contribution in [-0.2, 0) is 14.3 Å². The second-order valence-electron chi connectivity index (χ2n) is 8.38. The number of amides is 4. The smallest absolute Gasteiger partial charge is 0.321 e. The number of nitrogens with zero attached hydrogens (tertiary/aromatic N) is 3. The Morgan fingerprint density at radius 2 is 1.78 bits per heavy atom. The van der Waals surface area contributed by atoms with E-state index in [2.05, 4.69) is 15.5 Å². The highest BCUT2D eigenvalue weighted by molar-refractivity contribution is 5.90. The Morgan fingerprint density at radius 1 is 1.03 bits per heavy atom. The zero-order valence-corrected chi connectivity index (χ0v) is 18.9. The molecule has 32 heavy (non-hydrogen) atoms. The van der Waals surface area contributed by atoms with Crippen molar-refractivity contribution in [2.45, 2.75) is 19.3 Å². The van der Waals surface area contributed by atoms with Crippen molar-refractivity contribution in [2.75, 3.05) is 71.4 Å². The predicted octanol–water partition coefficient (Wildman–Crippen LogP) is 1.23. The van der Waals surface area contributed by atoms with E-state index in [1.165, 1.54) is 0 Å². The van der Waals surface area contributed by atoms with Crippen molar-refractivity contribution in [1.82, 2.24) is 20.0 Å². The van der Waals surface area contributed by atoms with Gasteiger partial charge >= 0.3 is 6.03 Å². The fourth-order valence-electron chi connectivity index (χ4n) is 4.18. The summed E-state index contributed by atoms with van der Waals surface area (Å²) in [6.45, 7) is 5.30. The molecule has 0 radical (unpaired) electrons. The molecular weight excluding hydrogens is 410 g/mol. The molecule has 3 rings (SSSR count). The lowest BCUT2D eigenvalue weighted by molar-refractivity contribution is -0.138. The molecule has 4 amide bonds. The lowest BCUT2D eigenvalue weighted by Crippen LogP contribution is -2.54. The van der Waals surface area contributed by atoms with E-state index in [0.717, 1.165) is 24.9 Å². The fraction of sp³-hybridized carbons (Fsp3) is 0.609. The zero-order valence-electron chi connectivity index (χ0n) is 18.9. The third-order valence-corrected chi connectivity index (χ3v) is 5.98. The molecule has 0 aliphatic carbocycles. The van der Waals surface area contributed by atoms with Crippen LogP contribution in [-0.4, -0.2) is 98.6 Å². The van der Waals surface area contributed by atoms with Gasteiger partial charge in [-0.15, -0.1) is 0 Å². The van der Waals surface area contributed by atoms with Gasteiger partial charge in [0.05, 0.1) is 12.5 Å². The fourth-order valence-corrected chi connectivity index (χ4v) is 4.18. The van der Waals surface area contributed by atoms with Gasteiger partial charge < -0.3 is 25.2 Å². The number of likely N-dealkylation sites (tertiary alicyclic amines) is 1. The van der Waals surface area contributed by atoms with Crippen LogP contribution >= 0.6 is 0 Å². The lowest BCUT2D eigenvalue weighted by atomic mass is 9.96. The quantitative estimate of drug-likeness (QED) is 0.587. The highest BCUT2D eigenvalue weighted by Crippen LogP contribution is 2.21. The minimum atomic E-state index is -0.166. The maximum atomic E-state index is 13.1. The number of hydrogen-bond acceptors (Lipinski definition) is 5. The van der Waals surface area contributed by atoms with Gasteiger partial charge in [-0.1, -0.05) is 18.2 Å². The molecule has 1 unspecified atom stereocenters. The Kier molecular flexibility index (Phi) is 9.30. The van der Waals surface area contributed by atoms with E-state index in [9.17, 15) is 14.4 Å². The zero-order chi connectivity index (χ0) is 22.8. The van der Waals surface area contributed by atoms with Gasteiger partial charge in [0.1, 0.15) is 0 Å². The molecular formula is C23H35N5O4. The van der Waals surface area contributed by atoms with Crippen molar-refractivity contribution in [2.24, 2.45) is 5.92 Å². The summed E-state index contributed by atoms with van der Waals surface area (Å²) >= 11 is 0. The standard InChI is InChI=1S/C23H35N5O4/c1-32-16-6-10-24-21(29)18-26-12-14-27(15-13-26)22(30)19-7-5-11-28(17-19)23(31)25-20-8-3-2-4-9-20/h2-4,8-9,19H,5-7,10-18H2,1H3,(H,24,29)(H,25,31). The summed E-state index contributed by atoms with van der Waals surface area (Å²) in [7, 11) is 1.65. The van der Waals surface area contributed by atoms with E-state index in [1.807, 2.05) is 35.2 Å². The number of rotatable bonds is 8. The molecule has 2 fully saturated rings. The Labute approximate surface area is 190 Å². The summed E-state index contributed by atoms with van der Waals surface area (Å²) in [5.41, 5.74) is 0.754. The third kappa shape index (κ3) is 7.20. The highest BCUT2D eigenvalue weighted by Gasteiger charge is 2.32. The highest BCUT2D eigenvalue weighted by atomic mass is 16.5. The van der Waals surface area contributed by atoms with Crippen molar-refractivity contribution in [3.8, 4) is 0 Å². The largest absolute Gasteiger partial charge is 0.385 e. The second-order valence-corrected chi connectivity index (χ2v) is 8.38. The van der Waals surface area contributed by atoms with Crippen molar-refractivity contribution >= 4 is 23.5 Å². The van der Waals surface area contributed by atoms with Gasteiger partial charge in [-0.05, 0) is 31.4 Å². The van der Waals surface area contributed by atoms with Crippen LogP contribution in [0.4, 0.5) is 10.5 Å². The first kappa shape index (κ1) is 24.0. The van der Waals surface area contributed by atoms with Crippen LogP contribution in [0.2, 0.25) is 0 Å². The number of urea groups is 1. The van der Waals surface area contributed by atoms with Crippen LogP contribution in [0.5, 0.6) is 0 Å². The number of anilines is 1. The maximum absolute atomic E-state index is 13.1. The number of para-hydroxylation sites is 1. The molecule has 1 aromatic carbocycles. The molecule has 2 aliphatic heterocycles. The van der Waals surface area contributed by atoms with Crippen LogP contribution in [0.3, 0.4) is 0 Å². The first-order chi connectivity index (χ1) is 15.6. The average molecular weight is 446 g/mol. The molecule has 176 valence electrons. The molecule has 2 saturated heterocycles. The Morgan fingerprint density at radius 3 is 2.50 bits per heavy atom. The molecule has 1 aromatic rings. The number of benzene rings is 1. The van der Waals surface area contributed by atoms with Crippen molar-refractivity contribution in [1.29, 1.82) is 0 Å². The number of nitrogens with one attached hydrogen (secondary N) is 2. The number of ether oxygens (including phenoxy) is 1. The van der Waals surface area contributed by atoms with Crippen molar-refractivity contribution in [3.63, 3.8) is 0 Å².